The molecular weight excluding hydrogens is 203 g/mol. The van der Waals surface area contributed by atoms with E-state index in [0.29, 0.717) is 5.78 Å². The first-order chi connectivity index (χ1) is 2.89. The number of hydrogen-bond donors (Lipinski definition) is 0. The SMILES string of the molecule is I.O=C1CCCC1. The van der Waals surface area contributed by atoms with Crippen molar-refractivity contribution in [3.63, 3.8) is 0 Å². The molecule has 0 aromatic heterocycles. The minimum Gasteiger partial charge on any atom is -0.300 e. The zero-order valence-electron chi connectivity index (χ0n) is 4.14. The summed E-state index contributed by atoms with van der Waals surface area (Å²) in [4.78, 5) is 10.2. The molecule has 1 saturated carbocycles. The fourth-order valence-electron chi connectivity index (χ4n) is 0.769. The highest BCUT2D eigenvalue weighted by Gasteiger charge is 2.07. The van der Waals surface area contributed by atoms with Crippen molar-refractivity contribution in [2.75, 3.05) is 0 Å². The molecule has 0 heterocycles. The van der Waals surface area contributed by atoms with Crippen molar-refractivity contribution in [3.8, 4) is 0 Å². The number of halogens is 1. The van der Waals surface area contributed by atoms with E-state index < -0.39 is 0 Å². The highest BCUT2D eigenvalue weighted by atomic mass is 127. The van der Waals surface area contributed by atoms with E-state index in [1.54, 1.807) is 0 Å². The van der Waals surface area contributed by atoms with E-state index >= 15 is 0 Å². The van der Waals surface area contributed by atoms with Crippen LogP contribution in [0.2, 0.25) is 0 Å². The Morgan fingerprint density at radius 3 is 1.71 bits per heavy atom. The molecule has 0 aromatic rings. The zero-order valence-corrected chi connectivity index (χ0v) is 6.48. The van der Waals surface area contributed by atoms with Crippen molar-refractivity contribution < 1.29 is 4.79 Å². The quantitative estimate of drug-likeness (QED) is 0.559. The van der Waals surface area contributed by atoms with E-state index in [4.69, 9.17) is 0 Å². The van der Waals surface area contributed by atoms with Crippen molar-refractivity contribution in [2.45, 2.75) is 25.7 Å². The van der Waals surface area contributed by atoms with Gasteiger partial charge in [0.1, 0.15) is 5.78 Å². The van der Waals surface area contributed by atoms with Crippen LogP contribution < -0.4 is 0 Å². The Labute approximate surface area is 60.5 Å². The van der Waals surface area contributed by atoms with E-state index in [9.17, 15) is 4.79 Å². The zero-order chi connectivity index (χ0) is 4.41. The van der Waals surface area contributed by atoms with Crippen LogP contribution in [-0.4, -0.2) is 5.78 Å². The standard InChI is InChI=1S/C5H8O.HI/c6-5-3-1-2-4-5;/h1-4H2;1H. The topological polar surface area (TPSA) is 17.1 Å². The average molecular weight is 212 g/mol. The smallest absolute Gasteiger partial charge is 0.132 e. The van der Waals surface area contributed by atoms with Crippen LogP contribution in [0.5, 0.6) is 0 Å². The second kappa shape index (κ2) is 3.41. The largest absolute Gasteiger partial charge is 0.300 e. The molecule has 1 nitrogen and oxygen atoms in total. The summed E-state index contributed by atoms with van der Waals surface area (Å²) in [6.07, 6.45) is 3.97. The molecule has 0 bridgehead atoms. The maximum Gasteiger partial charge on any atom is 0.132 e. The molecule has 0 N–H and O–H groups in total. The lowest BCUT2D eigenvalue weighted by Crippen LogP contribution is -1.81. The summed E-state index contributed by atoms with van der Waals surface area (Å²) in [5.41, 5.74) is 0. The Kier molecular flexibility index (Phi) is 3.60. The summed E-state index contributed by atoms with van der Waals surface area (Å²) in [5.74, 6) is 0.454. The third-order valence-corrected chi connectivity index (χ3v) is 1.16. The summed E-state index contributed by atoms with van der Waals surface area (Å²) in [5, 5.41) is 0. The van der Waals surface area contributed by atoms with Crippen molar-refractivity contribution in [2.24, 2.45) is 0 Å². The molecule has 42 valence electrons. The summed E-state index contributed by atoms with van der Waals surface area (Å²) >= 11 is 0. The van der Waals surface area contributed by atoms with Gasteiger partial charge in [0.2, 0.25) is 0 Å². The second-order valence-corrected chi connectivity index (χ2v) is 1.75. The van der Waals surface area contributed by atoms with E-state index in [0.717, 1.165) is 25.7 Å². The van der Waals surface area contributed by atoms with Crippen molar-refractivity contribution in [1.82, 2.24) is 0 Å². The lowest BCUT2D eigenvalue weighted by atomic mass is 10.4. The van der Waals surface area contributed by atoms with Gasteiger partial charge < -0.3 is 0 Å². The maximum absolute atomic E-state index is 10.2. The van der Waals surface area contributed by atoms with Crippen LogP contribution in [0.25, 0.3) is 0 Å². The first-order valence-corrected chi connectivity index (χ1v) is 2.41. The molecular formula is C5H9IO. The predicted octanol–water partition coefficient (Wildman–Crippen LogP) is 1.75. The normalized spacial score (nSPS) is 19.1. The number of hydrogen-bond acceptors (Lipinski definition) is 1. The van der Waals surface area contributed by atoms with Gasteiger partial charge in [0.15, 0.2) is 0 Å². The number of ketones is 1. The number of Topliss-reactive ketones (excluding diaryl/α,β-unsaturated/α-hetero) is 1. The van der Waals surface area contributed by atoms with Crippen molar-refractivity contribution >= 4 is 29.8 Å². The van der Waals surface area contributed by atoms with E-state index in [1.165, 1.54) is 0 Å². The summed E-state index contributed by atoms with van der Waals surface area (Å²) in [6, 6.07) is 0. The Hall–Kier alpha value is 0.400. The molecule has 1 aliphatic rings. The van der Waals surface area contributed by atoms with Crippen LogP contribution in [0.3, 0.4) is 0 Å². The molecule has 1 fully saturated rings. The molecule has 0 radical (unpaired) electrons. The fraction of sp³-hybridized carbons (Fsp3) is 0.800. The molecule has 0 aliphatic heterocycles. The van der Waals surface area contributed by atoms with E-state index in [2.05, 4.69) is 0 Å². The Bertz CT molecular complexity index is 62.5. The number of rotatable bonds is 0. The highest BCUT2D eigenvalue weighted by Crippen LogP contribution is 2.11. The number of carbonyl (C=O) groups is 1. The van der Waals surface area contributed by atoms with Gasteiger partial charge in [-0.3, -0.25) is 4.79 Å². The third kappa shape index (κ3) is 2.26. The lowest BCUT2D eigenvalue weighted by molar-refractivity contribution is -0.117. The molecule has 2 heteroatoms. The first kappa shape index (κ1) is 7.40. The van der Waals surface area contributed by atoms with Crippen LogP contribution in [0.15, 0.2) is 0 Å². The average Bonchev–Trinajstić information content (AvgIpc) is 1.86. The van der Waals surface area contributed by atoms with Gasteiger partial charge in [-0.05, 0) is 12.8 Å². The van der Waals surface area contributed by atoms with E-state index in [-0.39, 0.29) is 24.0 Å². The molecule has 0 aromatic carbocycles. The summed E-state index contributed by atoms with van der Waals surface area (Å²) in [6.45, 7) is 0. The Morgan fingerprint density at radius 1 is 1.14 bits per heavy atom. The molecule has 0 spiro atoms. The minimum atomic E-state index is 0. The maximum atomic E-state index is 10.2. The van der Waals surface area contributed by atoms with Gasteiger partial charge in [0.05, 0.1) is 0 Å². The van der Waals surface area contributed by atoms with Crippen LogP contribution in [-0.2, 0) is 4.79 Å². The monoisotopic (exact) mass is 212 g/mol. The van der Waals surface area contributed by atoms with Gasteiger partial charge in [-0.25, -0.2) is 0 Å². The highest BCUT2D eigenvalue weighted by molar-refractivity contribution is 14.0. The second-order valence-electron chi connectivity index (χ2n) is 1.75. The lowest BCUT2D eigenvalue weighted by Gasteiger charge is -1.71. The summed E-state index contributed by atoms with van der Waals surface area (Å²) < 4.78 is 0. The molecule has 7 heavy (non-hydrogen) atoms. The van der Waals surface area contributed by atoms with Gasteiger partial charge in [-0.15, -0.1) is 24.0 Å². The number of carbonyl (C=O) groups excluding carboxylic acids is 1. The molecule has 0 atom stereocenters. The van der Waals surface area contributed by atoms with Gasteiger partial charge in [0.25, 0.3) is 0 Å². The van der Waals surface area contributed by atoms with Crippen molar-refractivity contribution in [3.05, 3.63) is 0 Å². The first-order valence-electron chi connectivity index (χ1n) is 2.41. The predicted molar refractivity (Wildman–Crippen MR) is 38.9 cm³/mol. The Balaban J connectivity index is 0.000000360. The van der Waals surface area contributed by atoms with Gasteiger partial charge >= 0.3 is 0 Å². The summed E-state index contributed by atoms with van der Waals surface area (Å²) in [7, 11) is 0. The van der Waals surface area contributed by atoms with Gasteiger partial charge in [-0.2, -0.15) is 0 Å². The van der Waals surface area contributed by atoms with Crippen molar-refractivity contribution in [1.29, 1.82) is 0 Å². The van der Waals surface area contributed by atoms with Gasteiger partial charge in [-0.1, -0.05) is 0 Å². The third-order valence-electron chi connectivity index (χ3n) is 1.16. The van der Waals surface area contributed by atoms with Crippen LogP contribution in [0.1, 0.15) is 25.7 Å². The Morgan fingerprint density at radius 2 is 1.57 bits per heavy atom. The van der Waals surface area contributed by atoms with Gasteiger partial charge in [0, 0.05) is 12.8 Å². The molecule has 0 saturated heterocycles. The minimum absolute atomic E-state index is 0. The molecule has 0 unspecified atom stereocenters. The molecule has 1 aliphatic carbocycles. The van der Waals surface area contributed by atoms with Crippen LogP contribution in [0.4, 0.5) is 0 Å². The molecule has 0 amide bonds. The van der Waals surface area contributed by atoms with Crippen LogP contribution in [0, 0.1) is 0 Å². The fourth-order valence-corrected chi connectivity index (χ4v) is 0.769. The van der Waals surface area contributed by atoms with Crippen LogP contribution >= 0.6 is 24.0 Å². The molecule has 1 rings (SSSR count). The van der Waals surface area contributed by atoms with E-state index in [1.807, 2.05) is 0 Å².